The molecule has 0 saturated heterocycles. The first kappa shape index (κ1) is 13.9. The molecule has 19 heavy (non-hydrogen) atoms. The molecule has 1 saturated carbocycles. The molecule has 1 aromatic carbocycles. The third-order valence-corrected chi connectivity index (χ3v) is 2.79. The normalized spacial score (nSPS) is 14.5. The van der Waals surface area contributed by atoms with Gasteiger partial charge in [-0.1, -0.05) is 12.1 Å². The molecule has 0 atom stereocenters. The summed E-state index contributed by atoms with van der Waals surface area (Å²) in [4.78, 5) is 11.4. The van der Waals surface area contributed by atoms with Gasteiger partial charge in [0.2, 0.25) is 0 Å². The van der Waals surface area contributed by atoms with E-state index in [-0.39, 0.29) is 18.7 Å². The maximum absolute atomic E-state index is 11.4. The number of carbonyl (C=O) groups excluding carboxylic acids is 1. The average molecular weight is 263 g/mol. The van der Waals surface area contributed by atoms with Crippen molar-refractivity contribution in [1.29, 1.82) is 0 Å². The summed E-state index contributed by atoms with van der Waals surface area (Å²) >= 11 is 0. The van der Waals surface area contributed by atoms with Crippen LogP contribution in [0.4, 0.5) is 0 Å². The van der Waals surface area contributed by atoms with E-state index in [2.05, 4.69) is 11.4 Å². The van der Waals surface area contributed by atoms with Gasteiger partial charge in [0, 0.05) is 12.6 Å². The molecule has 4 nitrogen and oxygen atoms in total. The average Bonchev–Trinajstić information content (AvgIpc) is 3.18. The summed E-state index contributed by atoms with van der Waals surface area (Å²) in [6.07, 6.45) is 2.44. The second kappa shape index (κ2) is 6.57. The minimum Gasteiger partial charge on any atom is -0.482 e. The Morgan fingerprint density at radius 2 is 2.21 bits per heavy atom. The van der Waals surface area contributed by atoms with E-state index in [1.165, 1.54) is 18.4 Å². The highest BCUT2D eigenvalue weighted by atomic mass is 16.6. The monoisotopic (exact) mass is 263 g/mol. The molecule has 0 amide bonds. The molecule has 0 spiro atoms. The lowest BCUT2D eigenvalue weighted by Gasteiger charge is -2.10. The molecule has 1 aromatic rings. The summed E-state index contributed by atoms with van der Waals surface area (Å²) in [7, 11) is 0. The van der Waals surface area contributed by atoms with Gasteiger partial charge in [-0.15, -0.1) is 0 Å². The molecular formula is C15H21NO3. The zero-order valence-electron chi connectivity index (χ0n) is 11.5. The van der Waals surface area contributed by atoms with Gasteiger partial charge in [-0.3, -0.25) is 0 Å². The van der Waals surface area contributed by atoms with Gasteiger partial charge in [-0.25, -0.2) is 4.79 Å². The van der Waals surface area contributed by atoms with Crippen molar-refractivity contribution in [3.8, 4) is 5.75 Å². The van der Waals surface area contributed by atoms with Crippen molar-refractivity contribution >= 4 is 5.97 Å². The van der Waals surface area contributed by atoms with Gasteiger partial charge in [0.1, 0.15) is 5.75 Å². The topological polar surface area (TPSA) is 47.6 Å². The van der Waals surface area contributed by atoms with Crippen LogP contribution in [0.2, 0.25) is 0 Å². The molecule has 104 valence electrons. The summed E-state index contributed by atoms with van der Waals surface area (Å²) in [5.74, 6) is 0.368. The van der Waals surface area contributed by atoms with Crippen LogP contribution in [0.25, 0.3) is 0 Å². The molecule has 0 bridgehead atoms. The molecule has 0 aliphatic heterocycles. The van der Waals surface area contributed by atoms with Crippen LogP contribution in [0.15, 0.2) is 24.3 Å². The Labute approximate surface area is 114 Å². The van der Waals surface area contributed by atoms with E-state index in [0.29, 0.717) is 11.8 Å². The van der Waals surface area contributed by atoms with Crippen LogP contribution < -0.4 is 10.1 Å². The lowest BCUT2D eigenvalue weighted by molar-refractivity contribution is -0.149. The number of carbonyl (C=O) groups is 1. The van der Waals surface area contributed by atoms with E-state index in [9.17, 15) is 4.79 Å². The quantitative estimate of drug-likeness (QED) is 0.767. The summed E-state index contributed by atoms with van der Waals surface area (Å²) in [6.45, 7) is 4.44. The van der Waals surface area contributed by atoms with Crippen molar-refractivity contribution in [3.05, 3.63) is 29.8 Å². The maximum atomic E-state index is 11.4. The van der Waals surface area contributed by atoms with Crippen molar-refractivity contribution in [3.63, 3.8) is 0 Å². The Bertz CT molecular complexity index is 427. The highest BCUT2D eigenvalue weighted by Crippen LogP contribution is 2.20. The van der Waals surface area contributed by atoms with Crippen molar-refractivity contribution in [2.75, 3.05) is 6.61 Å². The molecule has 2 rings (SSSR count). The lowest BCUT2D eigenvalue weighted by atomic mass is 10.2. The van der Waals surface area contributed by atoms with Crippen LogP contribution in [-0.4, -0.2) is 24.7 Å². The first-order chi connectivity index (χ1) is 9.13. The zero-order valence-corrected chi connectivity index (χ0v) is 11.5. The third-order valence-electron chi connectivity index (χ3n) is 2.79. The zero-order chi connectivity index (χ0) is 13.7. The van der Waals surface area contributed by atoms with Crippen LogP contribution in [0.3, 0.4) is 0 Å². The van der Waals surface area contributed by atoms with Gasteiger partial charge in [0.05, 0.1) is 6.10 Å². The van der Waals surface area contributed by atoms with E-state index in [1.807, 2.05) is 32.0 Å². The smallest absolute Gasteiger partial charge is 0.344 e. The number of hydrogen-bond acceptors (Lipinski definition) is 4. The number of rotatable bonds is 7. The van der Waals surface area contributed by atoms with E-state index in [0.717, 1.165) is 6.54 Å². The minimum atomic E-state index is -0.337. The third kappa shape index (κ3) is 5.30. The molecular weight excluding hydrogens is 242 g/mol. The van der Waals surface area contributed by atoms with E-state index < -0.39 is 0 Å². The molecule has 4 heteroatoms. The largest absolute Gasteiger partial charge is 0.482 e. The Kier molecular flexibility index (Phi) is 4.80. The first-order valence-corrected chi connectivity index (χ1v) is 6.78. The Morgan fingerprint density at radius 3 is 2.89 bits per heavy atom. The van der Waals surface area contributed by atoms with Crippen LogP contribution in [0.5, 0.6) is 5.75 Å². The molecule has 0 radical (unpaired) electrons. The highest BCUT2D eigenvalue weighted by Gasteiger charge is 2.19. The molecule has 1 aliphatic carbocycles. The number of ether oxygens (including phenoxy) is 2. The minimum absolute atomic E-state index is 0.0440. The van der Waals surface area contributed by atoms with Crippen LogP contribution >= 0.6 is 0 Å². The molecule has 0 heterocycles. The van der Waals surface area contributed by atoms with Crippen molar-refractivity contribution < 1.29 is 14.3 Å². The van der Waals surface area contributed by atoms with Gasteiger partial charge < -0.3 is 14.8 Å². The van der Waals surface area contributed by atoms with E-state index in [4.69, 9.17) is 9.47 Å². The maximum Gasteiger partial charge on any atom is 0.344 e. The van der Waals surface area contributed by atoms with Gasteiger partial charge in [0.25, 0.3) is 0 Å². The molecule has 1 aliphatic rings. The van der Waals surface area contributed by atoms with Crippen LogP contribution in [-0.2, 0) is 16.1 Å². The SMILES string of the molecule is CC(C)OC(=O)COc1cccc(CNC2CC2)c1. The fourth-order valence-corrected chi connectivity index (χ4v) is 1.73. The van der Waals surface area contributed by atoms with E-state index >= 15 is 0 Å². The fourth-order valence-electron chi connectivity index (χ4n) is 1.73. The standard InChI is InChI=1S/C15H21NO3/c1-11(2)19-15(17)10-18-14-5-3-4-12(8-14)9-16-13-6-7-13/h3-5,8,11,13,16H,6-7,9-10H2,1-2H3. The molecule has 0 aromatic heterocycles. The lowest BCUT2D eigenvalue weighted by Crippen LogP contribution is -2.19. The molecule has 1 N–H and O–H groups in total. The Balaban J connectivity index is 1.78. The van der Waals surface area contributed by atoms with E-state index in [1.54, 1.807) is 0 Å². The number of esters is 1. The fraction of sp³-hybridized carbons (Fsp3) is 0.533. The summed E-state index contributed by atoms with van der Waals surface area (Å²) in [5.41, 5.74) is 1.17. The second-order valence-electron chi connectivity index (χ2n) is 5.13. The van der Waals surface area contributed by atoms with Crippen molar-refractivity contribution in [2.24, 2.45) is 0 Å². The highest BCUT2D eigenvalue weighted by molar-refractivity contribution is 5.71. The molecule has 1 fully saturated rings. The number of nitrogens with one attached hydrogen (secondary N) is 1. The number of hydrogen-bond donors (Lipinski definition) is 1. The van der Waals surface area contributed by atoms with Gasteiger partial charge in [-0.05, 0) is 44.4 Å². The van der Waals surface area contributed by atoms with Gasteiger partial charge >= 0.3 is 5.97 Å². The summed E-state index contributed by atoms with van der Waals surface area (Å²) in [6, 6.07) is 8.48. The summed E-state index contributed by atoms with van der Waals surface area (Å²) in [5, 5.41) is 3.44. The number of benzene rings is 1. The van der Waals surface area contributed by atoms with Crippen molar-refractivity contribution in [2.45, 2.75) is 45.4 Å². The van der Waals surface area contributed by atoms with Crippen LogP contribution in [0.1, 0.15) is 32.3 Å². The second-order valence-corrected chi connectivity index (χ2v) is 5.13. The predicted octanol–water partition coefficient (Wildman–Crippen LogP) is 2.27. The van der Waals surface area contributed by atoms with Crippen molar-refractivity contribution in [1.82, 2.24) is 5.32 Å². The van der Waals surface area contributed by atoms with Gasteiger partial charge in [0.15, 0.2) is 6.61 Å². The first-order valence-electron chi connectivity index (χ1n) is 6.78. The summed E-state index contributed by atoms with van der Waals surface area (Å²) < 4.78 is 10.4. The predicted molar refractivity (Wildman–Crippen MR) is 73.0 cm³/mol. The van der Waals surface area contributed by atoms with Crippen LogP contribution in [0, 0.1) is 0 Å². The van der Waals surface area contributed by atoms with Gasteiger partial charge in [-0.2, -0.15) is 0 Å². The Morgan fingerprint density at radius 1 is 1.42 bits per heavy atom. The molecule has 0 unspecified atom stereocenters. The Hall–Kier alpha value is -1.55.